The summed E-state index contributed by atoms with van der Waals surface area (Å²) in [5.74, 6) is -0.833. The fraction of sp³-hybridized carbons (Fsp3) is 0.125. The van der Waals surface area contributed by atoms with Crippen molar-refractivity contribution in [1.29, 1.82) is 0 Å². The molecule has 8 heteroatoms. The molecule has 1 aliphatic heterocycles. The van der Waals surface area contributed by atoms with Gasteiger partial charge in [0.2, 0.25) is 0 Å². The predicted octanol–water partition coefficient (Wildman–Crippen LogP) is 4.26. The molecule has 0 saturated heterocycles. The van der Waals surface area contributed by atoms with Gasteiger partial charge in [-0.1, -0.05) is 35.4 Å². The van der Waals surface area contributed by atoms with Crippen molar-refractivity contribution in [2.24, 2.45) is 0 Å². The smallest absolute Gasteiger partial charge is 0.283 e. The number of benzene rings is 2. The zero-order chi connectivity index (χ0) is 22.8. The van der Waals surface area contributed by atoms with Gasteiger partial charge in [0, 0.05) is 11.3 Å². The van der Waals surface area contributed by atoms with Crippen molar-refractivity contribution in [3.8, 4) is 0 Å². The standard InChI is InChI=1S/C24H20ClN3O4/c1-14-8-9-19(15(2)11-14)28-23(30)20(25)21(24(28)31)27-17-6-3-5-16(12-17)22(29)26-13-18-7-4-10-32-18/h3-12,27H,13H2,1-2H3,(H,26,29). The van der Waals surface area contributed by atoms with Crippen LogP contribution in [0.1, 0.15) is 27.2 Å². The van der Waals surface area contributed by atoms with Crippen LogP contribution >= 0.6 is 11.6 Å². The van der Waals surface area contributed by atoms with Crippen molar-refractivity contribution in [2.75, 3.05) is 10.2 Å². The highest BCUT2D eigenvalue weighted by Crippen LogP contribution is 2.32. The molecule has 1 aliphatic rings. The third kappa shape index (κ3) is 4.15. The largest absolute Gasteiger partial charge is 0.467 e. The van der Waals surface area contributed by atoms with Crippen LogP contribution in [0.15, 0.2) is 76.0 Å². The van der Waals surface area contributed by atoms with Gasteiger partial charge in [0.1, 0.15) is 16.5 Å². The van der Waals surface area contributed by atoms with E-state index in [9.17, 15) is 14.4 Å². The van der Waals surface area contributed by atoms with E-state index in [4.69, 9.17) is 16.0 Å². The molecule has 162 valence electrons. The number of imide groups is 1. The van der Waals surface area contributed by atoms with Crippen LogP contribution in [0, 0.1) is 13.8 Å². The van der Waals surface area contributed by atoms with Crippen LogP contribution in [0.3, 0.4) is 0 Å². The minimum absolute atomic E-state index is 0.0372. The second kappa shape index (κ2) is 8.72. The van der Waals surface area contributed by atoms with E-state index in [1.54, 1.807) is 42.5 Å². The second-order valence-corrected chi connectivity index (χ2v) is 7.77. The summed E-state index contributed by atoms with van der Waals surface area (Å²) < 4.78 is 5.21. The Balaban J connectivity index is 1.52. The van der Waals surface area contributed by atoms with Crippen LogP contribution in [0.2, 0.25) is 0 Å². The van der Waals surface area contributed by atoms with Gasteiger partial charge in [-0.2, -0.15) is 0 Å². The Labute approximate surface area is 189 Å². The summed E-state index contributed by atoms with van der Waals surface area (Å²) in [5.41, 5.74) is 3.07. The topological polar surface area (TPSA) is 91.7 Å². The summed E-state index contributed by atoms with van der Waals surface area (Å²) in [7, 11) is 0. The molecule has 32 heavy (non-hydrogen) atoms. The number of rotatable bonds is 6. The number of anilines is 2. The lowest BCUT2D eigenvalue weighted by atomic mass is 10.1. The zero-order valence-corrected chi connectivity index (χ0v) is 18.2. The van der Waals surface area contributed by atoms with Crippen LogP contribution in [0.4, 0.5) is 11.4 Å². The first kappa shape index (κ1) is 21.4. The van der Waals surface area contributed by atoms with Crippen LogP contribution < -0.4 is 15.5 Å². The van der Waals surface area contributed by atoms with E-state index in [2.05, 4.69) is 10.6 Å². The molecule has 0 unspecified atom stereocenters. The minimum Gasteiger partial charge on any atom is -0.467 e. The SMILES string of the molecule is Cc1ccc(N2C(=O)C(Cl)=C(Nc3cccc(C(=O)NCc4ccco4)c3)C2=O)c(C)c1. The van der Waals surface area contributed by atoms with Gasteiger partial charge < -0.3 is 15.1 Å². The number of nitrogens with one attached hydrogen (secondary N) is 2. The van der Waals surface area contributed by atoms with Gasteiger partial charge in [-0.05, 0) is 55.8 Å². The van der Waals surface area contributed by atoms with E-state index < -0.39 is 11.8 Å². The van der Waals surface area contributed by atoms with Gasteiger partial charge in [-0.25, -0.2) is 4.90 Å². The molecule has 2 N–H and O–H groups in total. The van der Waals surface area contributed by atoms with Gasteiger partial charge >= 0.3 is 0 Å². The second-order valence-electron chi connectivity index (χ2n) is 7.39. The normalized spacial score (nSPS) is 13.7. The molecule has 7 nitrogen and oxygen atoms in total. The fourth-order valence-corrected chi connectivity index (χ4v) is 3.66. The first-order valence-corrected chi connectivity index (χ1v) is 10.3. The van der Waals surface area contributed by atoms with Crippen molar-refractivity contribution in [1.82, 2.24) is 5.32 Å². The van der Waals surface area contributed by atoms with Crippen molar-refractivity contribution in [3.63, 3.8) is 0 Å². The lowest BCUT2D eigenvalue weighted by molar-refractivity contribution is -0.120. The Morgan fingerprint density at radius 1 is 1.03 bits per heavy atom. The minimum atomic E-state index is -0.599. The molecule has 0 spiro atoms. The van der Waals surface area contributed by atoms with Gasteiger partial charge in [-0.15, -0.1) is 0 Å². The van der Waals surface area contributed by atoms with E-state index in [-0.39, 0.29) is 23.2 Å². The number of carbonyl (C=O) groups is 3. The summed E-state index contributed by atoms with van der Waals surface area (Å²) in [6.45, 7) is 4.01. The first-order chi connectivity index (χ1) is 15.3. The Kier molecular flexibility index (Phi) is 5.83. The third-order valence-electron chi connectivity index (χ3n) is 5.02. The number of furan rings is 1. The Hall–Kier alpha value is -3.84. The number of hydrogen-bond donors (Lipinski definition) is 2. The molecule has 0 saturated carbocycles. The number of amides is 3. The molecular weight excluding hydrogens is 430 g/mol. The number of aryl methyl sites for hydroxylation is 2. The number of nitrogens with zero attached hydrogens (tertiary/aromatic N) is 1. The van der Waals surface area contributed by atoms with Crippen LogP contribution in [0.5, 0.6) is 0 Å². The highest BCUT2D eigenvalue weighted by Gasteiger charge is 2.39. The van der Waals surface area contributed by atoms with E-state index in [1.165, 1.54) is 6.26 Å². The van der Waals surface area contributed by atoms with Gasteiger partial charge in [-0.3, -0.25) is 14.4 Å². The molecule has 1 aromatic heterocycles. The molecule has 0 atom stereocenters. The summed E-state index contributed by atoms with van der Waals surface area (Å²) in [6, 6.07) is 15.5. The van der Waals surface area contributed by atoms with E-state index in [1.807, 2.05) is 26.0 Å². The Bertz CT molecular complexity index is 1250. The third-order valence-corrected chi connectivity index (χ3v) is 5.37. The van der Waals surface area contributed by atoms with Crippen LogP contribution in [-0.2, 0) is 16.1 Å². The van der Waals surface area contributed by atoms with Gasteiger partial charge in [0.25, 0.3) is 17.7 Å². The average molecular weight is 450 g/mol. The first-order valence-electron chi connectivity index (χ1n) is 9.88. The predicted molar refractivity (Wildman–Crippen MR) is 121 cm³/mol. The van der Waals surface area contributed by atoms with Crippen molar-refractivity contribution < 1.29 is 18.8 Å². The Morgan fingerprint density at radius 3 is 2.56 bits per heavy atom. The average Bonchev–Trinajstić information content (AvgIpc) is 3.36. The van der Waals surface area contributed by atoms with Gasteiger partial charge in [0.05, 0.1) is 18.5 Å². The Morgan fingerprint density at radius 2 is 1.84 bits per heavy atom. The quantitative estimate of drug-likeness (QED) is 0.548. The summed E-state index contributed by atoms with van der Waals surface area (Å²) in [5, 5.41) is 5.46. The zero-order valence-electron chi connectivity index (χ0n) is 17.4. The highest BCUT2D eigenvalue weighted by molar-refractivity contribution is 6.53. The molecule has 3 amide bonds. The maximum absolute atomic E-state index is 13.0. The number of hydrogen-bond acceptors (Lipinski definition) is 5. The molecule has 4 rings (SSSR count). The van der Waals surface area contributed by atoms with Crippen LogP contribution in [-0.4, -0.2) is 17.7 Å². The highest BCUT2D eigenvalue weighted by atomic mass is 35.5. The summed E-state index contributed by atoms with van der Waals surface area (Å²) >= 11 is 6.23. The van der Waals surface area contributed by atoms with Crippen molar-refractivity contribution in [2.45, 2.75) is 20.4 Å². The summed E-state index contributed by atoms with van der Waals surface area (Å²) in [6.07, 6.45) is 1.53. The molecule has 0 radical (unpaired) electrons. The molecule has 3 aromatic rings. The maximum atomic E-state index is 13.0. The molecule has 2 aromatic carbocycles. The monoisotopic (exact) mass is 449 g/mol. The molecule has 2 heterocycles. The molecule has 0 bridgehead atoms. The molecule has 0 aliphatic carbocycles. The molecule has 0 fully saturated rings. The number of halogens is 1. The van der Waals surface area contributed by atoms with Crippen molar-refractivity contribution >= 4 is 40.7 Å². The number of carbonyl (C=O) groups excluding carboxylic acids is 3. The van der Waals surface area contributed by atoms with E-state index in [0.29, 0.717) is 22.7 Å². The van der Waals surface area contributed by atoms with E-state index in [0.717, 1.165) is 16.0 Å². The lowest BCUT2D eigenvalue weighted by Gasteiger charge is -2.18. The fourth-order valence-electron chi connectivity index (χ4n) is 3.45. The maximum Gasteiger partial charge on any atom is 0.283 e. The van der Waals surface area contributed by atoms with E-state index >= 15 is 0 Å². The molecular formula is C24H20ClN3O4. The lowest BCUT2D eigenvalue weighted by Crippen LogP contribution is -2.32. The van der Waals surface area contributed by atoms with Crippen LogP contribution in [0.25, 0.3) is 0 Å². The van der Waals surface area contributed by atoms with Crippen molar-refractivity contribution in [3.05, 3.63) is 94.0 Å². The van der Waals surface area contributed by atoms with Gasteiger partial charge in [0.15, 0.2) is 0 Å². The summed E-state index contributed by atoms with van der Waals surface area (Å²) in [4.78, 5) is 39.3.